The van der Waals surface area contributed by atoms with Crippen molar-refractivity contribution in [2.75, 3.05) is 4.90 Å². The van der Waals surface area contributed by atoms with E-state index in [0.717, 1.165) is 29.2 Å². The second-order valence-corrected chi connectivity index (χ2v) is 7.27. The molecule has 4 rings (SSSR count). The van der Waals surface area contributed by atoms with E-state index in [9.17, 15) is 38.0 Å². The number of ketones is 1. The number of aliphatic hydroxyl groups is 1. The minimum Gasteiger partial charge on any atom is -0.507 e. The second-order valence-electron chi connectivity index (χ2n) is 7.27. The number of nitro benzene ring substituents is 1. The Hall–Kier alpha value is -4.74. The molecule has 1 atom stereocenters. The summed E-state index contributed by atoms with van der Waals surface area (Å²) in [5.74, 6) is -3.47. The number of rotatable bonds is 5. The highest BCUT2D eigenvalue weighted by Crippen LogP contribution is 2.42. The molecule has 1 aliphatic rings. The van der Waals surface area contributed by atoms with Crippen molar-refractivity contribution in [1.82, 2.24) is 4.98 Å². The zero-order valence-corrected chi connectivity index (χ0v) is 17.5. The summed E-state index contributed by atoms with van der Waals surface area (Å²) in [6.45, 7) is 0. The van der Waals surface area contributed by atoms with Crippen LogP contribution in [0.5, 0.6) is 5.75 Å². The van der Waals surface area contributed by atoms with Crippen LogP contribution in [0.15, 0.2) is 78.5 Å². The molecular formula is C23H14F3N3O6. The third-order valence-electron chi connectivity index (χ3n) is 5.09. The van der Waals surface area contributed by atoms with Crippen molar-refractivity contribution in [3.05, 3.63) is 99.9 Å². The number of ether oxygens (including phenoxy) is 1. The number of aromatic nitrogens is 1. The van der Waals surface area contributed by atoms with Crippen molar-refractivity contribution >= 4 is 28.8 Å². The van der Waals surface area contributed by atoms with Gasteiger partial charge in [0.15, 0.2) is 0 Å². The lowest BCUT2D eigenvalue weighted by molar-refractivity contribution is -0.384. The maximum Gasteiger partial charge on any atom is 0.573 e. The van der Waals surface area contributed by atoms with Gasteiger partial charge in [0.2, 0.25) is 0 Å². The molecule has 35 heavy (non-hydrogen) atoms. The van der Waals surface area contributed by atoms with Crippen LogP contribution in [0.3, 0.4) is 0 Å². The van der Waals surface area contributed by atoms with Gasteiger partial charge in [-0.2, -0.15) is 0 Å². The van der Waals surface area contributed by atoms with Gasteiger partial charge in [0.05, 0.1) is 16.2 Å². The van der Waals surface area contributed by atoms with E-state index in [1.54, 1.807) is 12.1 Å². The predicted molar refractivity (Wildman–Crippen MR) is 115 cm³/mol. The first-order valence-corrected chi connectivity index (χ1v) is 9.89. The Balaban J connectivity index is 1.87. The standard InChI is InChI=1S/C23H14F3N3O6/c24-23(25,26)35-16-5-3-4-15(12-16)28-19(17-6-1-2-11-27-17)18(21(31)22(28)32)20(30)13-7-9-14(10-8-13)29(33)34/h1-12,19,30H/b20-18+. The number of amides is 1. The van der Waals surface area contributed by atoms with Gasteiger partial charge in [-0.3, -0.25) is 29.6 Å². The van der Waals surface area contributed by atoms with Gasteiger partial charge < -0.3 is 9.84 Å². The Kier molecular flexibility index (Phi) is 5.95. The number of non-ortho nitro benzene ring substituents is 1. The first-order chi connectivity index (χ1) is 16.6. The van der Waals surface area contributed by atoms with Gasteiger partial charge in [0.1, 0.15) is 17.6 Å². The van der Waals surface area contributed by atoms with E-state index in [2.05, 4.69) is 9.72 Å². The van der Waals surface area contributed by atoms with Crippen LogP contribution in [-0.4, -0.2) is 33.1 Å². The third-order valence-corrected chi connectivity index (χ3v) is 5.09. The molecule has 1 aliphatic heterocycles. The molecule has 3 aromatic rings. The fraction of sp³-hybridized carbons (Fsp3) is 0.0870. The first kappa shape index (κ1) is 23.4. The van der Waals surface area contributed by atoms with E-state index in [4.69, 9.17) is 0 Å². The summed E-state index contributed by atoms with van der Waals surface area (Å²) >= 11 is 0. The molecule has 2 heterocycles. The van der Waals surface area contributed by atoms with Gasteiger partial charge in [-0.15, -0.1) is 13.2 Å². The van der Waals surface area contributed by atoms with Crippen LogP contribution in [0.1, 0.15) is 17.3 Å². The van der Waals surface area contributed by atoms with E-state index in [0.29, 0.717) is 0 Å². The number of nitrogens with zero attached hydrogens (tertiary/aromatic N) is 3. The fourth-order valence-electron chi connectivity index (χ4n) is 3.64. The summed E-state index contributed by atoms with van der Waals surface area (Å²) in [5.41, 5.74) is -0.581. The quantitative estimate of drug-likeness (QED) is 0.185. The molecule has 0 aliphatic carbocycles. The SMILES string of the molecule is O=C1C(=O)N(c2cccc(OC(F)(F)F)c2)C(c2ccccn2)/C1=C(\O)c1ccc([N+](=O)[O-])cc1. The summed E-state index contributed by atoms with van der Waals surface area (Å²) in [4.78, 5) is 41.4. The Bertz CT molecular complexity index is 1340. The highest BCUT2D eigenvalue weighted by Gasteiger charge is 2.47. The highest BCUT2D eigenvalue weighted by molar-refractivity contribution is 6.51. The van der Waals surface area contributed by atoms with E-state index in [-0.39, 0.29) is 28.2 Å². The number of Topliss-reactive ketones (excluding diaryl/α,β-unsaturated/α-hetero) is 1. The van der Waals surface area contributed by atoms with Gasteiger partial charge in [-0.25, -0.2) is 0 Å². The lowest BCUT2D eigenvalue weighted by atomic mass is 9.98. The molecule has 1 amide bonds. The van der Waals surface area contributed by atoms with Crippen molar-refractivity contribution in [3.8, 4) is 5.75 Å². The molecular weight excluding hydrogens is 471 g/mol. The molecule has 12 heteroatoms. The number of nitro groups is 1. The smallest absolute Gasteiger partial charge is 0.507 e. The maximum absolute atomic E-state index is 13.0. The molecule has 0 bridgehead atoms. The van der Waals surface area contributed by atoms with Crippen LogP contribution in [-0.2, 0) is 9.59 Å². The second kappa shape index (κ2) is 8.89. The van der Waals surface area contributed by atoms with Crippen LogP contribution in [0.25, 0.3) is 5.76 Å². The molecule has 1 fully saturated rings. The van der Waals surface area contributed by atoms with E-state index < -0.39 is 40.5 Å². The summed E-state index contributed by atoms with van der Waals surface area (Å²) in [6.07, 6.45) is -3.60. The van der Waals surface area contributed by atoms with Gasteiger partial charge in [-0.05, 0) is 36.4 Å². The molecule has 0 radical (unpaired) electrons. The molecule has 0 saturated carbocycles. The highest BCUT2D eigenvalue weighted by atomic mass is 19.4. The number of hydrogen-bond donors (Lipinski definition) is 1. The van der Waals surface area contributed by atoms with E-state index in [1.165, 1.54) is 36.5 Å². The first-order valence-electron chi connectivity index (χ1n) is 9.89. The van der Waals surface area contributed by atoms with Crippen LogP contribution < -0.4 is 9.64 Å². The molecule has 1 saturated heterocycles. The van der Waals surface area contributed by atoms with Crippen LogP contribution in [0.2, 0.25) is 0 Å². The van der Waals surface area contributed by atoms with Crippen molar-refractivity contribution in [3.63, 3.8) is 0 Å². The third kappa shape index (κ3) is 4.67. The van der Waals surface area contributed by atoms with Gasteiger partial charge in [0.25, 0.3) is 17.4 Å². The summed E-state index contributed by atoms with van der Waals surface area (Å²) < 4.78 is 42.1. The predicted octanol–water partition coefficient (Wildman–Crippen LogP) is 4.51. The number of hydrogen-bond acceptors (Lipinski definition) is 7. The Morgan fingerprint density at radius 2 is 1.77 bits per heavy atom. The summed E-state index contributed by atoms with van der Waals surface area (Å²) in [6, 6.07) is 12.4. The number of benzene rings is 2. The number of aliphatic hydroxyl groups excluding tert-OH is 1. The largest absolute Gasteiger partial charge is 0.573 e. The zero-order chi connectivity index (χ0) is 25.3. The topological polar surface area (TPSA) is 123 Å². The number of pyridine rings is 1. The summed E-state index contributed by atoms with van der Waals surface area (Å²) in [5, 5.41) is 21.9. The van der Waals surface area contributed by atoms with E-state index in [1.807, 2.05) is 0 Å². The Labute approximate surface area is 194 Å². The Morgan fingerprint density at radius 3 is 2.37 bits per heavy atom. The van der Waals surface area contributed by atoms with Crippen LogP contribution in [0, 0.1) is 10.1 Å². The molecule has 1 aromatic heterocycles. The molecule has 178 valence electrons. The lowest BCUT2D eigenvalue weighted by Crippen LogP contribution is -2.30. The van der Waals surface area contributed by atoms with Crippen LogP contribution >= 0.6 is 0 Å². The normalized spacial score (nSPS) is 17.5. The summed E-state index contributed by atoms with van der Waals surface area (Å²) in [7, 11) is 0. The minimum atomic E-state index is -4.98. The van der Waals surface area contributed by atoms with Crippen molar-refractivity contribution < 1.29 is 37.5 Å². The number of halogens is 3. The number of anilines is 1. The van der Waals surface area contributed by atoms with E-state index >= 15 is 0 Å². The average Bonchev–Trinajstić information content (AvgIpc) is 3.09. The minimum absolute atomic E-state index is 0.0173. The Morgan fingerprint density at radius 1 is 1.06 bits per heavy atom. The van der Waals surface area contributed by atoms with Crippen molar-refractivity contribution in [2.45, 2.75) is 12.4 Å². The molecule has 9 nitrogen and oxygen atoms in total. The monoisotopic (exact) mass is 485 g/mol. The molecule has 2 aromatic carbocycles. The van der Waals surface area contributed by atoms with Crippen molar-refractivity contribution in [2.24, 2.45) is 0 Å². The molecule has 1 N–H and O–H groups in total. The maximum atomic E-state index is 13.0. The molecule has 1 unspecified atom stereocenters. The lowest BCUT2D eigenvalue weighted by Gasteiger charge is -2.25. The average molecular weight is 485 g/mol. The fourth-order valence-corrected chi connectivity index (χ4v) is 3.64. The zero-order valence-electron chi connectivity index (χ0n) is 17.5. The molecule has 0 spiro atoms. The number of alkyl halides is 3. The van der Waals surface area contributed by atoms with Gasteiger partial charge in [-0.1, -0.05) is 12.1 Å². The van der Waals surface area contributed by atoms with Crippen LogP contribution in [0.4, 0.5) is 24.5 Å². The van der Waals surface area contributed by atoms with Gasteiger partial charge >= 0.3 is 6.36 Å². The number of carbonyl (C=O) groups excluding carboxylic acids is 2. The van der Waals surface area contributed by atoms with Crippen molar-refractivity contribution in [1.29, 1.82) is 0 Å². The van der Waals surface area contributed by atoms with Gasteiger partial charge in [0, 0.05) is 35.6 Å². The number of carbonyl (C=O) groups is 2.